The van der Waals surface area contributed by atoms with Gasteiger partial charge >= 0.3 is 0 Å². The normalized spacial score (nSPS) is 15.3. The van der Waals surface area contributed by atoms with Gasteiger partial charge in [0.05, 0.1) is 11.0 Å². The third-order valence-electron chi connectivity index (χ3n) is 4.72. The van der Waals surface area contributed by atoms with Gasteiger partial charge in [0.15, 0.2) is 5.11 Å². The molecule has 5 heteroatoms. The van der Waals surface area contributed by atoms with Crippen LogP contribution in [0, 0.1) is 5.92 Å². The first-order valence-electron chi connectivity index (χ1n) is 9.11. The standard InChI is InChI=1S/C19H28N4S/c1-14(2)13-20-19(24)23(15-7-3-4-8-15)12-11-18-21-16-9-5-6-10-17(16)22-18/h5-6,9-10,14-15H,3-4,7-8,11-13H2,1-2H3,(H,20,24)(H,21,22). The summed E-state index contributed by atoms with van der Waals surface area (Å²) in [7, 11) is 0. The average molecular weight is 345 g/mol. The van der Waals surface area contributed by atoms with Gasteiger partial charge in [0.2, 0.25) is 0 Å². The minimum absolute atomic E-state index is 0.585. The van der Waals surface area contributed by atoms with Crippen LogP contribution in [0.4, 0.5) is 0 Å². The fourth-order valence-corrected chi connectivity index (χ4v) is 3.73. The lowest BCUT2D eigenvalue weighted by atomic mass is 10.2. The van der Waals surface area contributed by atoms with E-state index in [2.05, 4.69) is 41.2 Å². The Balaban J connectivity index is 1.65. The number of nitrogens with zero attached hydrogens (tertiary/aromatic N) is 2. The van der Waals surface area contributed by atoms with Crippen molar-refractivity contribution in [3.05, 3.63) is 30.1 Å². The zero-order valence-corrected chi connectivity index (χ0v) is 15.5. The quantitative estimate of drug-likeness (QED) is 0.781. The number of rotatable bonds is 6. The summed E-state index contributed by atoms with van der Waals surface area (Å²) in [6, 6.07) is 8.79. The molecular weight excluding hydrogens is 316 g/mol. The molecular formula is C19H28N4S. The number of aromatic nitrogens is 2. The van der Waals surface area contributed by atoms with E-state index in [1.165, 1.54) is 25.7 Å². The van der Waals surface area contributed by atoms with E-state index in [-0.39, 0.29) is 0 Å². The summed E-state index contributed by atoms with van der Waals surface area (Å²) >= 11 is 5.69. The van der Waals surface area contributed by atoms with E-state index in [0.717, 1.165) is 41.5 Å². The lowest BCUT2D eigenvalue weighted by Crippen LogP contribution is -2.46. The van der Waals surface area contributed by atoms with Crippen LogP contribution in [0.15, 0.2) is 24.3 Å². The molecule has 3 rings (SSSR count). The fourth-order valence-electron chi connectivity index (χ4n) is 3.41. The van der Waals surface area contributed by atoms with E-state index in [4.69, 9.17) is 17.2 Å². The molecule has 1 heterocycles. The largest absolute Gasteiger partial charge is 0.362 e. The van der Waals surface area contributed by atoms with Crippen LogP contribution in [-0.2, 0) is 6.42 Å². The van der Waals surface area contributed by atoms with Crippen LogP contribution in [0.5, 0.6) is 0 Å². The molecule has 1 aromatic carbocycles. The molecule has 1 saturated carbocycles. The molecule has 0 bridgehead atoms. The third kappa shape index (κ3) is 4.26. The zero-order chi connectivity index (χ0) is 16.9. The van der Waals surface area contributed by atoms with Crippen molar-refractivity contribution in [3.63, 3.8) is 0 Å². The Bertz CT molecular complexity index is 640. The van der Waals surface area contributed by atoms with E-state index in [9.17, 15) is 0 Å². The molecule has 0 radical (unpaired) electrons. The average Bonchev–Trinajstić information content (AvgIpc) is 3.22. The second kappa shape index (κ2) is 7.97. The zero-order valence-electron chi connectivity index (χ0n) is 14.7. The Morgan fingerprint density at radius 1 is 1.33 bits per heavy atom. The highest BCUT2D eigenvalue weighted by Gasteiger charge is 2.24. The van der Waals surface area contributed by atoms with Gasteiger partial charge in [-0.15, -0.1) is 0 Å². The molecule has 1 aliphatic carbocycles. The molecule has 0 amide bonds. The number of thiocarbonyl (C=S) groups is 1. The second-order valence-corrected chi connectivity index (χ2v) is 7.55. The Labute approximate surface area is 150 Å². The van der Waals surface area contributed by atoms with Gasteiger partial charge in [-0.2, -0.15) is 0 Å². The van der Waals surface area contributed by atoms with E-state index in [0.29, 0.717) is 12.0 Å². The van der Waals surface area contributed by atoms with Crippen molar-refractivity contribution >= 4 is 28.4 Å². The van der Waals surface area contributed by atoms with Gasteiger partial charge < -0.3 is 15.2 Å². The number of H-pyrrole nitrogens is 1. The molecule has 1 aromatic heterocycles. The Hall–Kier alpha value is -1.62. The Morgan fingerprint density at radius 2 is 2.08 bits per heavy atom. The minimum Gasteiger partial charge on any atom is -0.362 e. The highest BCUT2D eigenvalue weighted by atomic mass is 32.1. The van der Waals surface area contributed by atoms with E-state index >= 15 is 0 Å². The number of aromatic amines is 1. The van der Waals surface area contributed by atoms with Crippen LogP contribution in [0.25, 0.3) is 11.0 Å². The molecule has 4 nitrogen and oxygen atoms in total. The van der Waals surface area contributed by atoms with Gasteiger partial charge in [-0.05, 0) is 43.1 Å². The van der Waals surface area contributed by atoms with Crippen LogP contribution in [0.1, 0.15) is 45.4 Å². The van der Waals surface area contributed by atoms with E-state index < -0.39 is 0 Å². The summed E-state index contributed by atoms with van der Waals surface area (Å²) in [5, 5.41) is 4.36. The van der Waals surface area contributed by atoms with Crippen molar-refractivity contribution in [1.82, 2.24) is 20.2 Å². The molecule has 0 atom stereocenters. The highest BCUT2D eigenvalue weighted by Crippen LogP contribution is 2.24. The van der Waals surface area contributed by atoms with Crippen LogP contribution >= 0.6 is 12.2 Å². The lowest BCUT2D eigenvalue weighted by molar-refractivity contribution is 0.310. The van der Waals surface area contributed by atoms with Crippen molar-refractivity contribution in [1.29, 1.82) is 0 Å². The molecule has 1 aliphatic rings. The van der Waals surface area contributed by atoms with Gasteiger partial charge in [0, 0.05) is 25.6 Å². The van der Waals surface area contributed by atoms with Crippen molar-refractivity contribution in [2.45, 2.75) is 52.0 Å². The van der Waals surface area contributed by atoms with Gasteiger partial charge in [-0.25, -0.2) is 4.98 Å². The van der Waals surface area contributed by atoms with E-state index in [1.807, 2.05) is 12.1 Å². The third-order valence-corrected chi connectivity index (χ3v) is 5.09. The predicted molar refractivity (Wildman–Crippen MR) is 104 cm³/mol. The highest BCUT2D eigenvalue weighted by molar-refractivity contribution is 7.80. The molecule has 0 unspecified atom stereocenters. The monoisotopic (exact) mass is 344 g/mol. The fraction of sp³-hybridized carbons (Fsp3) is 0.579. The smallest absolute Gasteiger partial charge is 0.169 e. The number of hydrogen-bond acceptors (Lipinski definition) is 2. The topological polar surface area (TPSA) is 44.0 Å². The Morgan fingerprint density at radius 3 is 2.79 bits per heavy atom. The number of benzene rings is 1. The van der Waals surface area contributed by atoms with Gasteiger partial charge in [0.25, 0.3) is 0 Å². The van der Waals surface area contributed by atoms with Crippen LogP contribution in [0.2, 0.25) is 0 Å². The summed E-state index contributed by atoms with van der Waals surface area (Å²) in [5.41, 5.74) is 2.15. The van der Waals surface area contributed by atoms with Gasteiger partial charge in [0.1, 0.15) is 5.82 Å². The summed E-state index contributed by atoms with van der Waals surface area (Å²) in [6.07, 6.45) is 6.04. The molecule has 2 aromatic rings. The summed E-state index contributed by atoms with van der Waals surface area (Å²) in [6.45, 7) is 6.29. The van der Waals surface area contributed by atoms with Gasteiger partial charge in [-0.1, -0.05) is 38.8 Å². The van der Waals surface area contributed by atoms with Crippen molar-refractivity contribution in [2.75, 3.05) is 13.1 Å². The molecule has 0 saturated heterocycles. The SMILES string of the molecule is CC(C)CNC(=S)N(CCc1nc2ccccc2[nH]1)C1CCCC1. The molecule has 130 valence electrons. The van der Waals surface area contributed by atoms with Crippen LogP contribution in [0.3, 0.4) is 0 Å². The predicted octanol–water partition coefficient (Wildman–Crippen LogP) is 3.88. The molecule has 24 heavy (non-hydrogen) atoms. The maximum Gasteiger partial charge on any atom is 0.169 e. The number of nitrogens with one attached hydrogen (secondary N) is 2. The number of fused-ring (bicyclic) bond motifs is 1. The van der Waals surface area contributed by atoms with E-state index in [1.54, 1.807) is 0 Å². The Kier molecular flexibility index (Phi) is 5.72. The number of imidazole rings is 1. The van der Waals surface area contributed by atoms with Gasteiger partial charge in [-0.3, -0.25) is 0 Å². The summed E-state index contributed by atoms with van der Waals surface area (Å²) < 4.78 is 0. The first-order valence-corrected chi connectivity index (χ1v) is 9.52. The van der Waals surface area contributed by atoms with Crippen molar-refractivity contribution < 1.29 is 0 Å². The first kappa shape index (κ1) is 17.2. The summed E-state index contributed by atoms with van der Waals surface area (Å²) in [5.74, 6) is 1.65. The first-order chi connectivity index (χ1) is 11.6. The van der Waals surface area contributed by atoms with Crippen LogP contribution in [-0.4, -0.2) is 39.1 Å². The summed E-state index contributed by atoms with van der Waals surface area (Å²) in [4.78, 5) is 10.5. The minimum atomic E-state index is 0.585. The molecule has 0 aliphatic heterocycles. The van der Waals surface area contributed by atoms with Crippen molar-refractivity contribution in [3.8, 4) is 0 Å². The maximum absolute atomic E-state index is 5.69. The second-order valence-electron chi connectivity index (χ2n) is 7.16. The maximum atomic E-state index is 5.69. The molecule has 2 N–H and O–H groups in total. The van der Waals surface area contributed by atoms with Crippen molar-refractivity contribution in [2.24, 2.45) is 5.92 Å². The lowest BCUT2D eigenvalue weighted by Gasteiger charge is -2.32. The van der Waals surface area contributed by atoms with Crippen LogP contribution < -0.4 is 5.32 Å². The molecule has 0 spiro atoms. The number of para-hydroxylation sites is 2. The molecule has 1 fully saturated rings. The number of hydrogen-bond donors (Lipinski definition) is 2.